The number of ether oxygens (including phenoxy) is 3. The first kappa shape index (κ1) is 21.9. The van der Waals surface area contributed by atoms with Crippen LogP contribution in [0.4, 0.5) is 17.2 Å². The number of hydrogen-bond donors (Lipinski definition) is 2. The van der Waals surface area contributed by atoms with Crippen LogP contribution in [0.3, 0.4) is 0 Å². The molecule has 0 spiro atoms. The molecular weight excluding hydrogens is 420 g/mol. The van der Waals surface area contributed by atoms with Gasteiger partial charge in [-0.3, -0.25) is 4.79 Å². The fourth-order valence-electron chi connectivity index (χ4n) is 3.42. The lowest BCUT2D eigenvalue weighted by Crippen LogP contribution is -2.14. The SMILES string of the molecule is COc1cccc(NC(=O)Cc2ccc(Nc3ncnc4cc(OC)c(OC)cc34)cc2)c1. The molecule has 3 aromatic carbocycles. The van der Waals surface area contributed by atoms with Crippen LogP contribution in [0.2, 0.25) is 0 Å². The molecule has 1 amide bonds. The molecule has 8 nitrogen and oxygen atoms in total. The van der Waals surface area contributed by atoms with E-state index in [1.807, 2.05) is 54.6 Å². The molecule has 0 fully saturated rings. The first-order chi connectivity index (χ1) is 16.1. The van der Waals surface area contributed by atoms with Crippen molar-refractivity contribution >= 4 is 34.0 Å². The standard InChI is InChI=1S/C25H24N4O4/c1-31-19-6-4-5-18(12-19)28-24(30)11-16-7-9-17(10-8-16)29-25-20-13-22(32-2)23(33-3)14-21(20)26-15-27-25/h4-10,12-15H,11H2,1-3H3,(H,28,30)(H,26,27,29). The Hall–Kier alpha value is -4.33. The fraction of sp³-hybridized carbons (Fsp3) is 0.160. The lowest BCUT2D eigenvalue weighted by Gasteiger charge is -2.12. The maximum absolute atomic E-state index is 12.4. The molecule has 0 aliphatic heterocycles. The van der Waals surface area contributed by atoms with E-state index in [0.29, 0.717) is 28.8 Å². The second kappa shape index (κ2) is 9.86. The molecule has 33 heavy (non-hydrogen) atoms. The maximum atomic E-state index is 12.4. The van der Waals surface area contributed by atoms with Crippen molar-refractivity contribution in [3.05, 3.63) is 72.6 Å². The van der Waals surface area contributed by atoms with Crippen LogP contribution in [-0.4, -0.2) is 37.2 Å². The van der Waals surface area contributed by atoms with Gasteiger partial charge in [0.2, 0.25) is 5.91 Å². The van der Waals surface area contributed by atoms with Crippen LogP contribution in [0.25, 0.3) is 10.9 Å². The molecule has 0 saturated carbocycles. The van der Waals surface area contributed by atoms with Crippen LogP contribution in [-0.2, 0) is 11.2 Å². The van der Waals surface area contributed by atoms with Gasteiger partial charge in [-0.2, -0.15) is 0 Å². The van der Waals surface area contributed by atoms with E-state index in [2.05, 4.69) is 20.6 Å². The third-order valence-corrected chi connectivity index (χ3v) is 5.08. The highest BCUT2D eigenvalue weighted by Gasteiger charge is 2.11. The average molecular weight is 444 g/mol. The number of amides is 1. The van der Waals surface area contributed by atoms with E-state index < -0.39 is 0 Å². The van der Waals surface area contributed by atoms with Crippen LogP contribution >= 0.6 is 0 Å². The van der Waals surface area contributed by atoms with Gasteiger partial charge in [-0.15, -0.1) is 0 Å². The fourth-order valence-corrected chi connectivity index (χ4v) is 3.42. The third-order valence-electron chi connectivity index (χ3n) is 5.08. The van der Waals surface area contributed by atoms with E-state index >= 15 is 0 Å². The first-order valence-corrected chi connectivity index (χ1v) is 10.3. The number of anilines is 3. The molecule has 8 heteroatoms. The molecule has 0 saturated heterocycles. The van der Waals surface area contributed by atoms with Crippen molar-refractivity contribution in [3.63, 3.8) is 0 Å². The summed E-state index contributed by atoms with van der Waals surface area (Å²) < 4.78 is 15.9. The number of rotatable bonds is 8. The van der Waals surface area contributed by atoms with E-state index in [1.54, 1.807) is 27.4 Å². The summed E-state index contributed by atoms with van der Waals surface area (Å²) in [7, 11) is 4.76. The summed E-state index contributed by atoms with van der Waals surface area (Å²) in [6.07, 6.45) is 1.75. The minimum Gasteiger partial charge on any atom is -0.497 e. The zero-order valence-electron chi connectivity index (χ0n) is 18.6. The molecule has 1 heterocycles. The van der Waals surface area contributed by atoms with Crippen molar-refractivity contribution in [2.75, 3.05) is 32.0 Å². The van der Waals surface area contributed by atoms with Crippen LogP contribution in [0, 0.1) is 0 Å². The molecule has 0 bridgehead atoms. The number of fused-ring (bicyclic) bond motifs is 1. The zero-order chi connectivity index (χ0) is 23.2. The molecule has 0 radical (unpaired) electrons. The summed E-state index contributed by atoms with van der Waals surface area (Å²) in [6.45, 7) is 0. The second-order valence-electron chi connectivity index (χ2n) is 7.23. The molecule has 0 aliphatic carbocycles. The van der Waals surface area contributed by atoms with Crippen molar-refractivity contribution < 1.29 is 19.0 Å². The van der Waals surface area contributed by atoms with Crippen molar-refractivity contribution in [2.24, 2.45) is 0 Å². The average Bonchev–Trinajstić information content (AvgIpc) is 2.84. The highest BCUT2D eigenvalue weighted by molar-refractivity contribution is 5.94. The predicted octanol–water partition coefficient (Wildman–Crippen LogP) is 4.58. The van der Waals surface area contributed by atoms with Gasteiger partial charge in [0, 0.05) is 28.9 Å². The Balaban J connectivity index is 1.46. The summed E-state index contributed by atoms with van der Waals surface area (Å²) in [5.74, 6) is 2.43. The summed E-state index contributed by atoms with van der Waals surface area (Å²) in [6, 6.07) is 18.5. The lowest BCUT2D eigenvalue weighted by molar-refractivity contribution is -0.115. The van der Waals surface area contributed by atoms with Crippen LogP contribution in [0.5, 0.6) is 17.2 Å². The van der Waals surface area contributed by atoms with Crippen LogP contribution < -0.4 is 24.8 Å². The Kier molecular flexibility index (Phi) is 6.54. The normalized spacial score (nSPS) is 10.5. The van der Waals surface area contributed by atoms with Crippen molar-refractivity contribution in [2.45, 2.75) is 6.42 Å². The van der Waals surface area contributed by atoms with Crippen molar-refractivity contribution in [1.82, 2.24) is 9.97 Å². The summed E-state index contributed by atoms with van der Waals surface area (Å²) in [4.78, 5) is 21.1. The predicted molar refractivity (Wildman–Crippen MR) is 128 cm³/mol. The van der Waals surface area contributed by atoms with Gasteiger partial charge >= 0.3 is 0 Å². The zero-order valence-corrected chi connectivity index (χ0v) is 18.6. The molecule has 2 N–H and O–H groups in total. The molecule has 0 atom stereocenters. The Morgan fingerprint density at radius 1 is 0.848 bits per heavy atom. The minimum absolute atomic E-state index is 0.105. The van der Waals surface area contributed by atoms with Crippen LogP contribution in [0.15, 0.2) is 67.0 Å². The third kappa shape index (κ3) is 5.12. The van der Waals surface area contributed by atoms with Gasteiger partial charge in [0.05, 0.1) is 33.3 Å². The van der Waals surface area contributed by atoms with Gasteiger partial charge in [-0.05, 0) is 35.9 Å². The van der Waals surface area contributed by atoms with Gasteiger partial charge < -0.3 is 24.8 Å². The number of nitrogens with one attached hydrogen (secondary N) is 2. The van der Waals surface area contributed by atoms with E-state index in [-0.39, 0.29) is 12.3 Å². The number of aromatic nitrogens is 2. The van der Waals surface area contributed by atoms with E-state index in [1.165, 1.54) is 6.33 Å². The number of carbonyl (C=O) groups is 1. The van der Waals surface area contributed by atoms with Gasteiger partial charge in [0.25, 0.3) is 0 Å². The highest BCUT2D eigenvalue weighted by atomic mass is 16.5. The Bertz CT molecular complexity index is 1280. The largest absolute Gasteiger partial charge is 0.497 e. The molecule has 4 aromatic rings. The molecule has 0 aliphatic rings. The Morgan fingerprint density at radius 2 is 1.61 bits per heavy atom. The quantitative estimate of drug-likeness (QED) is 0.411. The van der Waals surface area contributed by atoms with Crippen LogP contribution in [0.1, 0.15) is 5.56 Å². The number of carbonyl (C=O) groups excluding carboxylic acids is 1. The minimum atomic E-state index is -0.105. The van der Waals surface area contributed by atoms with E-state index in [0.717, 1.165) is 22.2 Å². The number of benzene rings is 3. The monoisotopic (exact) mass is 444 g/mol. The summed E-state index contributed by atoms with van der Waals surface area (Å²) in [5, 5.41) is 7.00. The van der Waals surface area contributed by atoms with Gasteiger partial charge in [0.1, 0.15) is 17.9 Å². The highest BCUT2D eigenvalue weighted by Crippen LogP contribution is 2.34. The molecule has 4 rings (SSSR count). The molecule has 0 unspecified atom stereocenters. The summed E-state index contributed by atoms with van der Waals surface area (Å²) in [5.41, 5.74) is 3.15. The first-order valence-electron chi connectivity index (χ1n) is 10.3. The summed E-state index contributed by atoms with van der Waals surface area (Å²) >= 11 is 0. The Morgan fingerprint density at radius 3 is 2.33 bits per heavy atom. The number of hydrogen-bond acceptors (Lipinski definition) is 7. The van der Waals surface area contributed by atoms with E-state index in [9.17, 15) is 4.79 Å². The Labute approximate surface area is 191 Å². The van der Waals surface area contributed by atoms with Gasteiger partial charge in [0.15, 0.2) is 11.5 Å². The topological polar surface area (TPSA) is 94.6 Å². The van der Waals surface area contributed by atoms with Gasteiger partial charge in [-0.1, -0.05) is 18.2 Å². The number of methoxy groups -OCH3 is 3. The molecular formula is C25H24N4O4. The van der Waals surface area contributed by atoms with E-state index in [4.69, 9.17) is 14.2 Å². The lowest BCUT2D eigenvalue weighted by atomic mass is 10.1. The maximum Gasteiger partial charge on any atom is 0.228 e. The molecule has 168 valence electrons. The smallest absolute Gasteiger partial charge is 0.228 e. The van der Waals surface area contributed by atoms with Gasteiger partial charge in [-0.25, -0.2) is 9.97 Å². The van der Waals surface area contributed by atoms with Crippen molar-refractivity contribution in [1.29, 1.82) is 0 Å². The second-order valence-corrected chi connectivity index (χ2v) is 7.23. The molecule has 1 aromatic heterocycles. The number of nitrogens with zero attached hydrogens (tertiary/aromatic N) is 2. The van der Waals surface area contributed by atoms with Crippen molar-refractivity contribution in [3.8, 4) is 17.2 Å².